The molecule has 3 nitrogen and oxygen atoms in total. The summed E-state index contributed by atoms with van der Waals surface area (Å²) < 4.78 is 13.5. The van der Waals surface area contributed by atoms with Crippen LogP contribution in [0.1, 0.15) is 128 Å². The van der Waals surface area contributed by atoms with Gasteiger partial charge >= 0.3 is 0 Å². The molecule has 11 aromatic rings. The predicted octanol–water partition coefficient (Wildman–Crippen LogP) is 20.1. The zero-order chi connectivity index (χ0) is 51.2. The van der Waals surface area contributed by atoms with E-state index in [1.54, 1.807) is 0 Å². The highest BCUT2D eigenvalue weighted by molar-refractivity contribution is 6.19. The number of hydrogen-bond acceptors (Lipinski definition) is 3. The van der Waals surface area contributed by atoms with Crippen molar-refractivity contribution in [2.24, 2.45) is 0 Å². The van der Waals surface area contributed by atoms with Crippen molar-refractivity contribution in [1.82, 2.24) is 0 Å². The van der Waals surface area contributed by atoms with Gasteiger partial charge in [0.25, 0.3) is 0 Å². The van der Waals surface area contributed by atoms with Gasteiger partial charge in [0.2, 0.25) is 0 Å². The van der Waals surface area contributed by atoms with Gasteiger partial charge in [0.05, 0.1) is 0 Å². The van der Waals surface area contributed by atoms with E-state index in [0.717, 1.165) is 50.3 Å². The van der Waals surface area contributed by atoms with Gasteiger partial charge in [-0.15, -0.1) is 0 Å². The molecule has 0 saturated carbocycles. The van der Waals surface area contributed by atoms with Crippen LogP contribution in [-0.4, -0.2) is 0 Å². The van der Waals surface area contributed by atoms with Gasteiger partial charge in [-0.2, -0.15) is 0 Å². The fourth-order valence-electron chi connectivity index (χ4n) is 13.7. The van der Waals surface area contributed by atoms with Crippen LogP contribution in [0.15, 0.2) is 173 Å². The van der Waals surface area contributed by atoms with E-state index in [0.29, 0.717) is 0 Å². The lowest BCUT2D eigenvalue weighted by Gasteiger charge is -2.30. The molecule has 0 bridgehead atoms. The Kier molecular flexibility index (Phi) is 9.00. The molecular formula is C71H63NO2. The molecule has 2 aromatic heterocycles. The second-order valence-corrected chi connectivity index (χ2v) is 25.3. The molecule has 0 N–H and O–H groups in total. The molecular weight excluding hydrogens is 899 g/mol. The van der Waals surface area contributed by atoms with Gasteiger partial charge in [0, 0.05) is 60.4 Å². The zero-order valence-corrected chi connectivity index (χ0v) is 44.9. The van der Waals surface area contributed by atoms with E-state index in [1.807, 2.05) is 0 Å². The lowest BCUT2D eigenvalue weighted by Crippen LogP contribution is -2.18. The molecule has 0 spiro atoms. The number of benzene rings is 9. The van der Waals surface area contributed by atoms with Crippen molar-refractivity contribution < 1.29 is 8.83 Å². The molecule has 3 aliphatic rings. The minimum absolute atomic E-state index is 0.0246. The number of rotatable bonds is 4. The maximum atomic E-state index is 6.97. The Hall–Kier alpha value is -7.62. The van der Waals surface area contributed by atoms with Crippen LogP contribution in [0.5, 0.6) is 0 Å². The molecule has 3 aliphatic carbocycles. The first-order chi connectivity index (χ1) is 35.2. The fraction of sp³-hybridized carbons (Fsp3) is 0.239. The van der Waals surface area contributed by atoms with Crippen LogP contribution in [-0.2, 0) is 27.1 Å². The Morgan fingerprint density at radius 2 is 0.865 bits per heavy atom. The molecule has 74 heavy (non-hydrogen) atoms. The molecule has 0 aliphatic heterocycles. The van der Waals surface area contributed by atoms with Gasteiger partial charge in [-0.25, -0.2) is 0 Å². The third-order valence-electron chi connectivity index (χ3n) is 17.8. The fourth-order valence-corrected chi connectivity index (χ4v) is 13.7. The van der Waals surface area contributed by atoms with Gasteiger partial charge in [0.1, 0.15) is 22.3 Å². The minimum Gasteiger partial charge on any atom is -0.456 e. The number of para-hydroxylation sites is 2. The third-order valence-corrected chi connectivity index (χ3v) is 17.8. The summed E-state index contributed by atoms with van der Waals surface area (Å²) in [5.41, 5.74) is 27.4. The first kappa shape index (κ1) is 45.0. The van der Waals surface area contributed by atoms with E-state index in [1.165, 1.54) is 99.6 Å². The van der Waals surface area contributed by atoms with Crippen LogP contribution >= 0.6 is 0 Å². The van der Waals surface area contributed by atoms with Gasteiger partial charge in [0.15, 0.2) is 0 Å². The average molecular weight is 962 g/mol. The highest BCUT2D eigenvalue weighted by Crippen LogP contribution is 2.60. The summed E-state index contributed by atoms with van der Waals surface area (Å²) in [6.07, 6.45) is 0. The number of nitrogens with zero attached hydrogens (tertiary/aromatic N) is 1. The molecule has 9 aromatic carbocycles. The van der Waals surface area contributed by atoms with Gasteiger partial charge in [-0.05, 0) is 167 Å². The number of anilines is 3. The lowest BCUT2D eigenvalue weighted by atomic mass is 9.78. The Morgan fingerprint density at radius 3 is 1.55 bits per heavy atom. The second kappa shape index (κ2) is 14.8. The maximum absolute atomic E-state index is 6.97. The van der Waals surface area contributed by atoms with Crippen LogP contribution < -0.4 is 4.90 Å². The van der Waals surface area contributed by atoms with E-state index in [2.05, 4.69) is 252 Å². The van der Waals surface area contributed by atoms with Crippen molar-refractivity contribution in [1.29, 1.82) is 0 Å². The summed E-state index contributed by atoms with van der Waals surface area (Å²) in [6, 6.07) is 61.8. The Bertz CT molecular complexity index is 4230. The molecule has 0 atom stereocenters. The highest BCUT2D eigenvalue weighted by Gasteiger charge is 2.44. The quantitative estimate of drug-likeness (QED) is 0.176. The number of furan rings is 2. The molecule has 0 radical (unpaired) electrons. The standard InChI is InChI=1S/C71H63NO2/c1-67(2,3)40-25-27-41(28-26-40)72(42-29-31-45-49-37-57-51(39-56(49)70(9,10)54(45)35-42)63-53(69(57,7)8)33-34-61-64(63)47-20-14-17-23-59(47)73-61)43-30-32-46-55(36-43)71(11,12)58-38-50(44-19-13-16-22-52(44)68(4,5)6)66-65(62(46)58)48-21-15-18-24-60(48)74-66/h13-39H,1-12H3. The molecule has 14 rings (SSSR count). The van der Waals surface area contributed by atoms with Crippen molar-refractivity contribution in [3.63, 3.8) is 0 Å². The predicted molar refractivity (Wildman–Crippen MR) is 311 cm³/mol. The molecule has 0 saturated heterocycles. The van der Waals surface area contributed by atoms with Crippen LogP contribution in [0, 0.1) is 0 Å². The van der Waals surface area contributed by atoms with Crippen LogP contribution in [0.3, 0.4) is 0 Å². The molecule has 0 fully saturated rings. The second-order valence-electron chi connectivity index (χ2n) is 25.3. The van der Waals surface area contributed by atoms with Crippen molar-refractivity contribution in [3.8, 4) is 44.5 Å². The summed E-state index contributed by atoms with van der Waals surface area (Å²) in [7, 11) is 0. The molecule has 0 unspecified atom stereocenters. The maximum Gasteiger partial charge on any atom is 0.143 e. The third kappa shape index (κ3) is 6.07. The molecule has 0 amide bonds. The van der Waals surface area contributed by atoms with E-state index in [9.17, 15) is 0 Å². The Morgan fingerprint density at radius 1 is 0.351 bits per heavy atom. The number of fused-ring (bicyclic) bond motifs is 17. The average Bonchev–Trinajstić information content (AvgIpc) is 4.13. The summed E-state index contributed by atoms with van der Waals surface area (Å²) >= 11 is 0. The van der Waals surface area contributed by atoms with Crippen molar-refractivity contribution in [2.75, 3.05) is 4.90 Å². The van der Waals surface area contributed by atoms with E-state index < -0.39 is 0 Å². The first-order valence-electron chi connectivity index (χ1n) is 26.7. The van der Waals surface area contributed by atoms with Crippen LogP contribution in [0.25, 0.3) is 88.4 Å². The van der Waals surface area contributed by atoms with Gasteiger partial charge in [-0.3, -0.25) is 0 Å². The van der Waals surface area contributed by atoms with Gasteiger partial charge in [-0.1, -0.05) is 174 Å². The SMILES string of the molecule is CC(C)(C)c1ccc(N(c2ccc3c(c2)C(C)(C)c2cc4c(cc2-3)C(C)(C)c2ccc3oc5ccccc5c3c2-4)c2ccc3c(c2)C(C)(C)c2cc(-c4ccccc4C(C)(C)C)c4oc5ccccc5c4c2-3)cc1. The van der Waals surface area contributed by atoms with Crippen LogP contribution in [0.4, 0.5) is 17.1 Å². The van der Waals surface area contributed by atoms with Crippen molar-refractivity contribution in [3.05, 3.63) is 208 Å². The normalized spacial score (nSPS) is 15.6. The van der Waals surface area contributed by atoms with Crippen LogP contribution in [0.2, 0.25) is 0 Å². The van der Waals surface area contributed by atoms with Crippen molar-refractivity contribution >= 4 is 60.9 Å². The summed E-state index contributed by atoms with van der Waals surface area (Å²) in [4.78, 5) is 2.50. The van der Waals surface area contributed by atoms with Gasteiger partial charge < -0.3 is 13.7 Å². The summed E-state index contributed by atoms with van der Waals surface area (Å²) in [5.74, 6) is 0. The lowest BCUT2D eigenvalue weighted by molar-refractivity contribution is 0.590. The van der Waals surface area contributed by atoms with E-state index in [-0.39, 0.29) is 27.1 Å². The topological polar surface area (TPSA) is 29.5 Å². The summed E-state index contributed by atoms with van der Waals surface area (Å²) in [6.45, 7) is 28.3. The molecule has 3 heteroatoms. The molecule has 2 heterocycles. The number of hydrogen-bond donors (Lipinski definition) is 0. The highest BCUT2D eigenvalue weighted by atomic mass is 16.3. The van der Waals surface area contributed by atoms with E-state index >= 15 is 0 Å². The van der Waals surface area contributed by atoms with E-state index in [4.69, 9.17) is 8.83 Å². The monoisotopic (exact) mass is 961 g/mol. The largest absolute Gasteiger partial charge is 0.456 e. The Labute approximate surface area is 435 Å². The first-order valence-corrected chi connectivity index (χ1v) is 26.7. The zero-order valence-electron chi connectivity index (χ0n) is 44.9. The van der Waals surface area contributed by atoms with Crippen molar-refractivity contribution in [2.45, 2.75) is 110 Å². The summed E-state index contributed by atoms with van der Waals surface area (Å²) in [5, 5.41) is 4.76. The molecule has 364 valence electrons. The minimum atomic E-state index is -0.316. The smallest absolute Gasteiger partial charge is 0.143 e. The Balaban J connectivity index is 0.940.